The van der Waals surface area contributed by atoms with Crippen LogP contribution in [0.15, 0.2) is 42.5 Å². The number of likely N-dealkylation sites (tertiary alicyclic amines) is 1. The number of aryl methyl sites for hydroxylation is 1. The molecule has 5 rings (SSSR count). The summed E-state index contributed by atoms with van der Waals surface area (Å²) in [5.74, 6) is -1.12. The first-order valence-electron chi connectivity index (χ1n) is 14.4. The van der Waals surface area contributed by atoms with E-state index in [0.717, 1.165) is 62.9 Å². The second kappa shape index (κ2) is 12.1. The SMILES string of the molecule is O=C(O)CCc1cc(CNC(=O)[C@@]2(C3CC3)CC[C@@H](N3CCC(c4ccc(F)cc4)CC3)CO2)cc(C(F)(F)F)c1. The van der Waals surface area contributed by atoms with Crippen molar-refractivity contribution in [3.8, 4) is 0 Å². The summed E-state index contributed by atoms with van der Waals surface area (Å²) in [5, 5.41) is 11.8. The first kappa shape index (κ1) is 29.5. The second-order valence-corrected chi connectivity index (χ2v) is 11.6. The predicted octanol–water partition coefficient (Wildman–Crippen LogP) is 5.69. The fourth-order valence-corrected chi connectivity index (χ4v) is 6.39. The molecule has 2 N–H and O–H groups in total. The highest BCUT2D eigenvalue weighted by atomic mass is 19.4. The molecule has 0 radical (unpaired) electrons. The van der Waals surface area contributed by atoms with Crippen LogP contribution in [0.25, 0.3) is 0 Å². The van der Waals surface area contributed by atoms with Gasteiger partial charge in [0.05, 0.1) is 12.2 Å². The number of hydrogen-bond acceptors (Lipinski definition) is 4. The summed E-state index contributed by atoms with van der Waals surface area (Å²) in [6, 6.07) is 10.4. The smallest absolute Gasteiger partial charge is 0.416 e. The number of carbonyl (C=O) groups excluding carboxylic acids is 1. The van der Waals surface area contributed by atoms with Gasteiger partial charge in [-0.1, -0.05) is 18.2 Å². The summed E-state index contributed by atoms with van der Waals surface area (Å²) < 4.78 is 60.1. The van der Waals surface area contributed by atoms with E-state index >= 15 is 0 Å². The number of piperidine rings is 1. The molecule has 2 aromatic rings. The Kier molecular flexibility index (Phi) is 8.70. The molecule has 6 nitrogen and oxygen atoms in total. The van der Waals surface area contributed by atoms with Gasteiger partial charge in [-0.25, -0.2) is 4.39 Å². The van der Waals surface area contributed by atoms with E-state index in [2.05, 4.69) is 10.2 Å². The van der Waals surface area contributed by atoms with Crippen LogP contribution in [0.2, 0.25) is 0 Å². The summed E-state index contributed by atoms with van der Waals surface area (Å²) in [6.45, 7) is 2.13. The molecule has 3 aliphatic rings. The lowest BCUT2D eigenvalue weighted by atomic mass is 9.84. The van der Waals surface area contributed by atoms with Crippen LogP contribution in [-0.4, -0.2) is 53.2 Å². The van der Waals surface area contributed by atoms with Gasteiger partial charge in [0.2, 0.25) is 0 Å². The van der Waals surface area contributed by atoms with Crippen molar-refractivity contribution in [2.45, 2.75) is 81.6 Å². The Morgan fingerprint density at radius 2 is 1.68 bits per heavy atom. The number of amides is 1. The number of benzene rings is 2. The zero-order valence-electron chi connectivity index (χ0n) is 22.9. The molecule has 222 valence electrons. The molecule has 1 aliphatic carbocycles. The molecule has 10 heteroatoms. The predicted molar refractivity (Wildman–Crippen MR) is 144 cm³/mol. The minimum Gasteiger partial charge on any atom is -0.481 e. The number of carbonyl (C=O) groups is 2. The molecule has 0 unspecified atom stereocenters. The number of halogens is 4. The maximum Gasteiger partial charge on any atom is 0.416 e. The van der Waals surface area contributed by atoms with Gasteiger partial charge in [-0.3, -0.25) is 14.5 Å². The average Bonchev–Trinajstić information content (AvgIpc) is 3.81. The minimum atomic E-state index is -4.58. The molecule has 0 bridgehead atoms. The third kappa shape index (κ3) is 7.09. The van der Waals surface area contributed by atoms with E-state index < -0.39 is 23.3 Å². The number of aliphatic carboxylic acids is 1. The minimum absolute atomic E-state index is 0.0299. The molecule has 0 spiro atoms. The van der Waals surface area contributed by atoms with Crippen LogP contribution in [0.3, 0.4) is 0 Å². The summed E-state index contributed by atoms with van der Waals surface area (Å²) in [7, 11) is 0. The van der Waals surface area contributed by atoms with Crippen LogP contribution in [0.5, 0.6) is 0 Å². The quantitative estimate of drug-likeness (QED) is 0.376. The molecule has 2 heterocycles. The van der Waals surface area contributed by atoms with E-state index in [1.54, 1.807) is 0 Å². The maximum atomic E-state index is 13.5. The molecule has 41 heavy (non-hydrogen) atoms. The fourth-order valence-electron chi connectivity index (χ4n) is 6.39. The second-order valence-electron chi connectivity index (χ2n) is 11.6. The average molecular weight is 577 g/mol. The number of rotatable bonds is 9. The van der Waals surface area contributed by atoms with E-state index in [4.69, 9.17) is 9.84 Å². The van der Waals surface area contributed by atoms with Crippen LogP contribution >= 0.6 is 0 Å². The number of alkyl halides is 3. The van der Waals surface area contributed by atoms with Crippen molar-refractivity contribution >= 4 is 11.9 Å². The van der Waals surface area contributed by atoms with Gasteiger partial charge in [-0.2, -0.15) is 13.2 Å². The van der Waals surface area contributed by atoms with Gasteiger partial charge in [-0.15, -0.1) is 0 Å². The van der Waals surface area contributed by atoms with Crippen LogP contribution in [0, 0.1) is 11.7 Å². The van der Waals surface area contributed by atoms with Gasteiger partial charge in [0.1, 0.15) is 11.4 Å². The lowest BCUT2D eigenvalue weighted by molar-refractivity contribution is -0.165. The lowest BCUT2D eigenvalue weighted by Gasteiger charge is -2.45. The van der Waals surface area contributed by atoms with Gasteiger partial charge < -0.3 is 15.2 Å². The highest BCUT2D eigenvalue weighted by Crippen LogP contribution is 2.47. The Hall–Kier alpha value is -2.98. The number of carboxylic acids is 1. The number of nitrogens with zero attached hydrogens (tertiary/aromatic N) is 1. The highest BCUT2D eigenvalue weighted by molar-refractivity contribution is 5.86. The molecule has 2 aromatic carbocycles. The van der Waals surface area contributed by atoms with Crippen molar-refractivity contribution in [1.82, 2.24) is 10.2 Å². The van der Waals surface area contributed by atoms with Gasteiger partial charge >= 0.3 is 12.1 Å². The zero-order chi connectivity index (χ0) is 29.2. The van der Waals surface area contributed by atoms with Crippen LogP contribution in [0.1, 0.15) is 73.1 Å². The Morgan fingerprint density at radius 1 is 1.00 bits per heavy atom. The largest absolute Gasteiger partial charge is 0.481 e. The van der Waals surface area contributed by atoms with E-state index in [1.165, 1.54) is 18.2 Å². The maximum absolute atomic E-state index is 13.5. The van der Waals surface area contributed by atoms with Crippen molar-refractivity contribution in [2.24, 2.45) is 5.92 Å². The molecule has 1 amide bonds. The number of ether oxygens (including phenoxy) is 1. The van der Waals surface area contributed by atoms with Crippen molar-refractivity contribution < 1.29 is 37.0 Å². The third-order valence-electron chi connectivity index (χ3n) is 8.85. The third-order valence-corrected chi connectivity index (χ3v) is 8.85. The van der Waals surface area contributed by atoms with Gasteiger partial charge in [0.15, 0.2) is 0 Å². The van der Waals surface area contributed by atoms with E-state index in [9.17, 15) is 27.2 Å². The van der Waals surface area contributed by atoms with E-state index in [1.807, 2.05) is 12.1 Å². The topological polar surface area (TPSA) is 78.9 Å². The van der Waals surface area contributed by atoms with Gasteiger partial charge in [0.25, 0.3) is 5.91 Å². The fraction of sp³-hybridized carbons (Fsp3) is 0.548. The molecular weight excluding hydrogens is 540 g/mol. The number of nitrogens with one attached hydrogen (secondary N) is 1. The number of hydrogen-bond donors (Lipinski definition) is 2. The summed E-state index contributed by atoms with van der Waals surface area (Å²) in [4.78, 5) is 26.8. The Balaban J connectivity index is 1.18. The first-order valence-corrected chi connectivity index (χ1v) is 14.4. The van der Waals surface area contributed by atoms with Crippen molar-refractivity contribution in [1.29, 1.82) is 0 Å². The summed E-state index contributed by atoms with van der Waals surface area (Å²) >= 11 is 0. The Labute approximate surface area is 237 Å². The molecular formula is C31H36F4N2O4. The molecule has 0 aromatic heterocycles. The monoisotopic (exact) mass is 576 g/mol. The summed E-state index contributed by atoms with van der Waals surface area (Å²) in [5.41, 5.74) is -0.135. The van der Waals surface area contributed by atoms with Crippen molar-refractivity contribution in [3.63, 3.8) is 0 Å². The zero-order valence-corrected chi connectivity index (χ0v) is 22.9. The Morgan fingerprint density at radius 3 is 2.27 bits per heavy atom. The van der Waals surface area contributed by atoms with Crippen molar-refractivity contribution in [3.05, 3.63) is 70.5 Å². The molecule has 1 saturated carbocycles. The van der Waals surface area contributed by atoms with Crippen LogP contribution < -0.4 is 5.32 Å². The van der Waals surface area contributed by atoms with Crippen molar-refractivity contribution in [2.75, 3.05) is 19.7 Å². The Bertz CT molecular complexity index is 1230. The molecule has 3 fully saturated rings. The van der Waals surface area contributed by atoms with Gasteiger partial charge in [0, 0.05) is 19.0 Å². The van der Waals surface area contributed by atoms with Gasteiger partial charge in [-0.05, 0) is 111 Å². The number of carboxylic acid groups (broad SMARTS) is 1. The van der Waals surface area contributed by atoms with Crippen LogP contribution in [0.4, 0.5) is 17.6 Å². The van der Waals surface area contributed by atoms with Crippen LogP contribution in [-0.2, 0) is 33.5 Å². The summed E-state index contributed by atoms with van der Waals surface area (Å²) in [6.07, 6.45) is 0.168. The van der Waals surface area contributed by atoms with E-state index in [-0.39, 0.29) is 54.2 Å². The first-order chi connectivity index (χ1) is 19.5. The lowest BCUT2D eigenvalue weighted by Crippen LogP contribution is -2.57. The molecule has 2 atom stereocenters. The standard InChI is InChI=1S/C31H36F4N2O4/c32-26-6-2-22(3-7-26)23-10-13-37(14-11-23)27-9-12-30(41-19-27,24-4-5-24)29(40)36-18-21-15-20(1-8-28(38)39)16-25(17-21)31(33,34)35/h2-3,6-7,15-17,23-24,27H,1,4-5,8-14,18-19H2,(H,36,40)(H,38,39)/t27-,30+/m1/s1. The molecule has 2 saturated heterocycles. The molecule has 2 aliphatic heterocycles. The van der Waals surface area contributed by atoms with E-state index in [0.29, 0.717) is 18.9 Å². The normalized spacial score (nSPS) is 24.2. The highest BCUT2D eigenvalue weighted by Gasteiger charge is 2.54.